The summed E-state index contributed by atoms with van der Waals surface area (Å²) in [7, 11) is 1.96. The smallest absolute Gasteiger partial charge is 0.192 e. The Morgan fingerprint density at radius 3 is 2.65 bits per heavy atom. The van der Waals surface area contributed by atoms with Gasteiger partial charge in [-0.2, -0.15) is 0 Å². The highest BCUT2D eigenvalue weighted by atomic mass is 127. The summed E-state index contributed by atoms with van der Waals surface area (Å²) in [5, 5.41) is 18.2. The molecule has 0 radical (unpaired) electrons. The lowest BCUT2D eigenvalue weighted by Gasteiger charge is -2.11. The van der Waals surface area contributed by atoms with Gasteiger partial charge in [0.05, 0.1) is 12.2 Å². The number of hydrogen-bond acceptors (Lipinski definition) is 5. The van der Waals surface area contributed by atoms with Crippen molar-refractivity contribution in [1.82, 2.24) is 30.4 Å². The number of thiazole rings is 1. The minimum Gasteiger partial charge on any atom is -0.356 e. The lowest BCUT2D eigenvalue weighted by Crippen LogP contribution is -2.37. The van der Waals surface area contributed by atoms with Crippen LogP contribution in [0.2, 0.25) is 0 Å². The third-order valence-electron chi connectivity index (χ3n) is 3.95. The van der Waals surface area contributed by atoms with Crippen LogP contribution in [0.3, 0.4) is 0 Å². The summed E-state index contributed by atoms with van der Waals surface area (Å²) < 4.78 is 1.96. The quantitative estimate of drug-likeness (QED) is 0.256. The number of hydrogen-bond donors (Lipinski definition) is 2. The Kier molecular flexibility index (Phi) is 10.1. The van der Waals surface area contributed by atoms with Gasteiger partial charge in [0.1, 0.15) is 17.4 Å². The first-order chi connectivity index (χ1) is 12.0. The number of nitrogens with zero attached hydrogens (tertiary/aromatic N) is 5. The molecule has 0 aliphatic rings. The number of unbranched alkanes of at least 4 members (excludes halogenated alkanes) is 1. The molecule has 0 aliphatic carbocycles. The molecular formula is C17H30IN7S. The van der Waals surface area contributed by atoms with Gasteiger partial charge in [0.2, 0.25) is 0 Å². The first-order valence-electron chi connectivity index (χ1n) is 8.82. The minimum atomic E-state index is 0. The van der Waals surface area contributed by atoms with E-state index in [1.807, 2.05) is 18.5 Å². The first-order valence-corrected chi connectivity index (χ1v) is 9.70. The van der Waals surface area contributed by atoms with E-state index >= 15 is 0 Å². The topological polar surface area (TPSA) is 80.0 Å². The van der Waals surface area contributed by atoms with E-state index in [4.69, 9.17) is 0 Å². The highest BCUT2D eigenvalue weighted by Gasteiger charge is 2.08. The molecule has 0 spiro atoms. The molecule has 0 aromatic carbocycles. The molecule has 0 saturated heterocycles. The van der Waals surface area contributed by atoms with Gasteiger partial charge in [0, 0.05) is 19.0 Å². The first kappa shape index (κ1) is 22.8. The Bertz CT molecular complexity index is 693. The number of guanidine groups is 1. The molecule has 9 heteroatoms. The van der Waals surface area contributed by atoms with Crippen molar-refractivity contribution in [3.05, 3.63) is 27.7 Å². The van der Waals surface area contributed by atoms with Gasteiger partial charge >= 0.3 is 0 Å². The fraction of sp³-hybridized carbons (Fsp3) is 0.647. The Labute approximate surface area is 177 Å². The highest BCUT2D eigenvalue weighted by molar-refractivity contribution is 14.0. The molecule has 2 heterocycles. The van der Waals surface area contributed by atoms with Crippen LogP contribution >= 0.6 is 35.3 Å². The van der Waals surface area contributed by atoms with Gasteiger partial charge in [0.15, 0.2) is 11.8 Å². The molecule has 2 rings (SSSR count). The lowest BCUT2D eigenvalue weighted by molar-refractivity contribution is 0.713. The average molecular weight is 491 g/mol. The third-order valence-corrected chi connectivity index (χ3v) is 4.82. The summed E-state index contributed by atoms with van der Waals surface area (Å²) in [6, 6.07) is 0. The largest absolute Gasteiger partial charge is 0.356 e. The zero-order valence-electron chi connectivity index (χ0n) is 16.2. The molecular weight excluding hydrogens is 461 g/mol. The van der Waals surface area contributed by atoms with E-state index in [1.54, 1.807) is 11.3 Å². The van der Waals surface area contributed by atoms with Crippen LogP contribution in [-0.4, -0.2) is 32.3 Å². The zero-order chi connectivity index (χ0) is 18.2. The normalized spacial score (nSPS) is 11.5. The van der Waals surface area contributed by atoms with Crippen LogP contribution in [0.15, 0.2) is 10.4 Å². The van der Waals surface area contributed by atoms with E-state index in [1.165, 1.54) is 0 Å². The van der Waals surface area contributed by atoms with Gasteiger partial charge in [-0.05, 0) is 19.3 Å². The van der Waals surface area contributed by atoms with Gasteiger partial charge in [-0.1, -0.05) is 27.2 Å². The van der Waals surface area contributed by atoms with Crippen molar-refractivity contribution in [3.8, 4) is 0 Å². The van der Waals surface area contributed by atoms with E-state index in [-0.39, 0.29) is 24.0 Å². The second-order valence-corrected chi connectivity index (χ2v) is 7.28. The Balaban J connectivity index is 0.00000338. The van der Waals surface area contributed by atoms with Crippen LogP contribution in [-0.2, 0) is 20.1 Å². The molecule has 2 aromatic heterocycles. The van der Waals surface area contributed by atoms with Crippen molar-refractivity contribution in [3.63, 3.8) is 0 Å². The Hall–Kier alpha value is -1.23. The summed E-state index contributed by atoms with van der Waals surface area (Å²) in [4.78, 5) is 9.31. The van der Waals surface area contributed by atoms with Gasteiger partial charge in [-0.25, -0.2) is 9.98 Å². The van der Waals surface area contributed by atoms with E-state index in [0.29, 0.717) is 19.0 Å². The van der Waals surface area contributed by atoms with Gasteiger partial charge in [0.25, 0.3) is 0 Å². The fourth-order valence-electron chi connectivity index (χ4n) is 2.13. The van der Waals surface area contributed by atoms with Gasteiger partial charge < -0.3 is 15.2 Å². The maximum atomic E-state index is 4.66. The molecule has 0 fully saturated rings. The molecule has 0 bridgehead atoms. The van der Waals surface area contributed by atoms with Crippen molar-refractivity contribution in [2.45, 2.75) is 59.5 Å². The van der Waals surface area contributed by atoms with Crippen molar-refractivity contribution >= 4 is 41.3 Å². The molecule has 146 valence electrons. The number of aromatic nitrogens is 4. The molecule has 26 heavy (non-hydrogen) atoms. The van der Waals surface area contributed by atoms with Gasteiger partial charge in [-0.15, -0.1) is 45.5 Å². The second-order valence-electron chi connectivity index (χ2n) is 6.34. The number of aliphatic imine (C=N–C) groups is 1. The molecule has 0 amide bonds. The monoisotopic (exact) mass is 491 g/mol. The molecule has 0 aliphatic heterocycles. The van der Waals surface area contributed by atoms with E-state index in [9.17, 15) is 0 Å². The second kappa shape index (κ2) is 11.5. The van der Waals surface area contributed by atoms with Crippen molar-refractivity contribution < 1.29 is 0 Å². The van der Waals surface area contributed by atoms with E-state index in [2.05, 4.69) is 57.0 Å². The van der Waals surface area contributed by atoms with Crippen LogP contribution in [0, 0.1) is 6.92 Å². The predicted octanol–water partition coefficient (Wildman–Crippen LogP) is 3.36. The van der Waals surface area contributed by atoms with Crippen LogP contribution in [0.5, 0.6) is 0 Å². The third kappa shape index (κ3) is 6.82. The summed E-state index contributed by atoms with van der Waals surface area (Å²) >= 11 is 1.69. The van der Waals surface area contributed by atoms with Crippen molar-refractivity contribution in [1.29, 1.82) is 0 Å². The zero-order valence-corrected chi connectivity index (χ0v) is 19.4. The summed E-state index contributed by atoms with van der Waals surface area (Å²) in [6.45, 7) is 10.5. The average Bonchev–Trinajstić information content (AvgIpc) is 3.18. The summed E-state index contributed by atoms with van der Waals surface area (Å²) in [6.07, 6.45) is 2.26. The Morgan fingerprint density at radius 1 is 1.31 bits per heavy atom. The number of rotatable bonds is 8. The number of aryl methyl sites for hydroxylation is 1. The van der Waals surface area contributed by atoms with Crippen LogP contribution in [0.25, 0.3) is 0 Å². The van der Waals surface area contributed by atoms with E-state index in [0.717, 1.165) is 47.7 Å². The maximum Gasteiger partial charge on any atom is 0.192 e. The Morgan fingerprint density at radius 2 is 2.08 bits per heavy atom. The van der Waals surface area contributed by atoms with Crippen molar-refractivity contribution in [2.24, 2.45) is 12.0 Å². The number of nitrogens with one attached hydrogen (secondary N) is 2. The molecule has 7 nitrogen and oxygen atoms in total. The number of halogens is 1. The van der Waals surface area contributed by atoms with Crippen LogP contribution in [0.1, 0.15) is 61.9 Å². The maximum absolute atomic E-state index is 4.66. The minimum absolute atomic E-state index is 0. The molecule has 0 unspecified atom stereocenters. The highest BCUT2D eigenvalue weighted by Crippen LogP contribution is 2.17. The fourth-order valence-corrected chi connectivity index (χ4v) is 3.02. The summed E-state index contributed by atoms with van der Waals surface area (Å²) in [5.74, 6) is 2.99. The molecule has 2 N–H and O–H groups in total. The van der Waals surface area contributed by atoms with Crippen molar-refractivity contribution in [2.75, 3.05) is 6.54 Å². The van der Waals surface area contributed by atoms with Crippen LogP contribution in [0.4, 0.5) is 0 Å². The SMILES string of the molecule is CCCCNC(=NCc1nnc(C)n1C)NCc1nc(C(C)C)cs1.I. The predicted molar refractivity (Wildman–Crippen MR) is 118 cm³/mol. The molecule has 0 saturated carbocycles. The van der Waals surface area contributed by atoms with Crippen LogP contribution < -0.4 is 10.6 Å². The molecule has 0 atom stereocenters. The summed E-state index contributed by atoms with van der Waals surface area (Å²) in [5.41, 5.74) is 1.15. The van der Waals surface area contributed by atoms with E-state index < -0.39 is 0 Å². The standard InChI is InChI=1S/C17H29N7S.HI/c1-6-7-8-18-17(19-9-15-23-22-13(4)24(15)5)20-10-16-21-14(11-25-16)12(2)3;/h11-12H,6-10H2,1-5H3,(H2,18,19,20);1H. The molecule has 2 aromatic rings. The lowest BCUT2D eigenvalue weighted by atomic mass is 10.2. The van der Waals surface area contributed by atoms with Gasteiger partial charge in [-0.3, -0.25) is 0 Å².